The van der Waals surface area contributed by atoms with E-state index >= 15 is 0 Å². The third kappa shape index (κ3) is 2.82. The minimum absolute atomic E-state index is 0.0270. The molecule has 0 aromatic carbocycles. The zero-order valence-corrected chi connectivity index (χ0v) is 9.57. The van der Waals surface area contributed by atoms with E-state index in [-0.39, 0.29) is 11.9 Å². The SMILES string of the molecule is CNC(=O)[C@@H](C)NCc1sccc1C. The van der Waals surface area contributed by atoms with Crippen LogP contribution in [0.1, 0.15) is 17.4 Å². The van der Waals surface area contributed by atoms with E-state index in [4.69, 9.17) is 0 Å². The molecule has 0 unspecified atom stereocenters. The van der Waals surface area contributed by atoms with Crippen molar-refractivity contribution in [1.29, 1.82) is 0 Å². The molecule has 0 fully saturated rings. The molecule has 1 atom stereocenters. The minimum atomic E-state index is -0.138. The van der Waals surface area contributed by atoms with Gasteiger partial charge in [0, 0.05) is 18.5 Å². The fourth-order valence-corrected chi connectivity index (χ4v) is 2.00. The molecule has 0 radical (unpaired) electrons. The van der Waals surface area contributed by atoms with Crippen molar-refractivity contribution in [3.63, 3.8) is 0 Å². The van der Waals surface area contributed by atoms with Crippen LogP contribution in [0.5, 0.6) is 0 Å². The highest BCUT2D eigenvalue weighted by Gasteiger charge is 2.10. The Hall–Kier alpha value is -0.870. The van der Waals surface area contributed by atoms with Crippen LogP contribution in [0.25, 0.3) is 0 Å². The van der Waals surface area contributed by atoms with Gasteiger partial charge in [-0.15, -0.1) is 11.3 Å². The number of carbonyl (C=O) groups excluding carboxylic acids is 1. The van der Waals surface area contributed by atoms with Gasteiger partial charge >= 0.3 is 0 Å². The Morgan fingerprint density at radius 3 is 2.86 bits per heavy atom. The third-order valence-electron chi connectivity index (χ3n) is 2.18. The first-order chi connectivity index (χ1) is 6.65. The molecule has 1 amide bonds. The fourth-order valence-electron chi connectivity index (χ4n) is 1.14. The average molecular weight is 212 g/mol. The predicted octanol–water partition coefficient (Wildman–Crippen LogP) is 1.28. The van der Waals surface area contributed by atoms with Gasteiger partial charge in [-0.3, -0.25) is 4.79 Å². The summed E-state index contributed by atoms with van der Waals surface area (Å²) in [5, 5.41) is 7.85. The first-order valence-corrected chi connectivity index (χ1v) is 5.51. The molecule has 1 heterocycles. The van der Waals surface area contributed by atoms with Gasteiger partial charge in [0.2, 0.25) is 5.91 Å². The molecular weight excluding hydrogens is 196 g/mol. The maximum Gasteiger partial charge on any atom is 0.236 e. The van der Waals surface area contributed by atoms with E-state index in [0.717, 1.165) is 6.54 Å². The molecule has 1 aromatic rings. The number of hydrogen-bond donors (Lipinski definition) is 2. The summed E-state index contributed by atoms with van der Waals surface area (Å²) >= 11 is 1.72. The van der Waals surface area contributed by atoms with Crippen molar-refractivity contribution in [3.05, 3.63) is 21.9 Å². The molecule has 0 aliphatic rings. The summed E-state index contributed by atoms with van der Waals surface area (Å²) in [5.74, 6) is 0.0270. The van der Waals surface area contributed by atoms with Gasteiger partial charge in [0.25, 0.3) is 0 Å². The van der Waals surface area contributed by atoms with Crippen molar-refractivity contribution in [2.24, 2.45) is 0 Å². The van der Waals surface area contributed by atoms with E-state index in [9.17, 15) is 4.79 Å². The first kappa shape index (κ1) is 11.2. The Morgan fingerprint density at radius 1 is 1.64 bits per heavy atom. The van der Waals surface area contributed by atoms with Crippen molar-refractivity contribution in [2.75, 3.05) is 7.05 Å². The summed E-state index contributed by atoms with van der Waals surface area (Å²) < 4.78 is 0. The van der Waals surface area contributed by atoms with Crippen LogP contribution in [0.2, 0.25) is 0 Å². The Kier molecular flexibility index (Phi) is 4.10. The molecule has 0 bridgehead atoms. The van der Waals surface area contributed by atoms with Gasteiger partial charge in [-0.1, -0.05) is 0 Å². The van der Waals surface area contributed by atoms with E-state index in [1.165, 1.54) is 10.4 Å². The fraction of sp³-hybridized carbons (Fsp3) is 0.500. The Morgan fingerprint density at radius 2 is 2.36 bits per heavy atom. The molecule has 4 heteroatoms. The van der Waals surface area contributed by atoms with Crippen LogP contribution >= 0.6 is 11.3 Å². The molecule has 0 saturated carbocycles. The molecule has 1 rings (SSSR count). The molecule has 3 nitrogen and oxygen atoms in total. The molecule has 1 aromatic heterocycles. The maximum absolute atomic E-state index is 11.2. The molecule has 0 aliphatic carbocycles. The summed E-state index contributed by atoms with van der Waals surface area (Å²) in [5.41, 5.74) is 1.28. The number of thiophene rings is 1. The van der Waals surface area contributed by atoms with Crippen LogP contribution in [0.15, 0.2) is 11.4 Å². The number of rotatable bonds is 4. The van der Waals surface area contributed by atoms with Crippen LogP contribution in [0, 0.1) is 6.92 Å². The van der Waals surface area contributed by atoms with Crippen LogP contribution in [-0.4, -0.2) is 19.0 Å². The van der Waals surface area contributed by atoms with E-state index in [0.29, 0.717) is 0 Å². The summed E-state index contributed by atoms with van der Waals surface area (Å²) in [6.07, 6.45) is 0. The monoisotopic (exact) mass is 212 g/mol. The maximum atomic E-state index is 11.2. The standard InChI is InChI=1S/C10H16N2OS/c1-7-4-5-14-9(7)6-12-8(2)10(13)11-3/h4-5,8,12H,6H2,1-3H3,(H,11,13)/t8-/m1/s1. The zero-order valence-electron chi connectivity index (χ0n) is 8.76. The zero-order chi connectivity index (χ0) is 10.6. The summed E-state index contributed by atoms with van der Waals surface area (Å²) in [4.78, 5) is 12.5. The highest BCUT2D eigenvalue weighted by Crippen LogP contribution is 2.14. The summed E-state index contributed by atoms with van der Waals surface area (Å²) in [6, 6.07) is 1.95. The normalized spacial score (nSPS) is 12.5. The van der Waals surface area contributed by atoms with Crippen LogP contribution in [-0.2, 0) is 11.3 Å². The van der Waals surface area contributed by atoms with Gasteiger partial charge in [0.05, 0.1) is 6.04 Å². The molecule has 2 N–H and O–H groups in total. The largest absolute Gasteiger partial charge is 0.358 e. The Bertz CT molecular complexity index is 309. The van der Waals surface area contributed by atoms with Gasteiger partial charge in [-0.2, -0.15) is 0 Å². The molecule has 0 aliphatic heterocycles. The molecule has 78 valence electrons. The second-order valence-corrected chi connectivity index (χ2v) is 4.24. The lowest BCUT2D eigenvalue weighted by molar-refractivity contribution is -0.122. The topological polar surface area (TPSA) is 41.1 Å². The predicted molar refractivity (Wildman–Crippen MR) is 59.4 cm³/mol. The van der Waals surface area contributed by atoms with Crippen LogP contribution in [0.3, 0.4) is 0 Å². The van der Waals surface area contributed by atoms with Crippen molar-refractivity contribution in [3.8, 4) is 0 Å². The quantitative estimate of drug-likeness (QED) is 0.789. The second-order valence-electron chi connectivity index (χ2n) is 3.24. The van der Waals surface area contributed by atoms with Crippen LogP contribution in [0.4, 0.5) is 0 Å². The molecular formula is C10H16N2OS. The summed E-state index contributed by atoms with van der Waals surface area (Å²) in [6.45, 7) is 4.71. The summed E-state index contributed by atoms with van der Waals surface area (Å²) in [7, 11) is 1.65. The lowest BCUT2D eigenvalue weighted by Crippen LogP contribution is -2.40. The Balaban J connectivity index is 2.41. The number of hydrogen-bond acceptors (Lipinski definition) is 3. The van der Waals surface area contributed by atoms with E-state index < -0.39 is 0 Å². The Labute approximate surface area is 88.5 Å². The second kappa shape index (κ2) is 5.12. The smallest absolute Gasteiger partial charge is 0.236 e. The third-order valence-corrected chi connectivity index (χ3v) is 3.20. The highest BCUT2D eigenvalue weighted by molar-refractivity contribution is 7.10. The van der Waals surface area contributed by atoms with Gasteiger partial charge in [0.1, 0.15) is 0 Å². The molecule has 14 heavy (non-hydrogen) atoms. The van der Waals surface area contributed by atoms with Crippen molar-refractivity contribution < 1.29 is 4.79 Å². The number of nitrogens with one attached hydrogen (secondary N) is 2. The number of carbonyl (C=O) groups is 1. The minimum Gasteiger partial charge on any atom is -0.358 e. The van der Waals surface area contributed by atoms with Gasteiger partial charge < -0.3 is 10.6 Å². The van der Waals surface area contributed by atoms with E-state index in [1.807, 2.05) is 6.92 Å². The number of likely N-dealkylation sites (N-methyl/N-ethyl adjacent to an activating group) is 1. The van der Waals surface area contributed by atoms with Gasteiger partial charge in [0.15, 0.2) is 0 Å². The van der Waals surface area contributed by atoms with Crippen molar-refractivity contribution in [2.45, 2.75) is 26.4 Å². The first-order valence-electron chi connectivity index (χ1n) is 4.63. The molecule has 0 saturated heterocycles. The lowest BCUT2D eigenvalue weighted by atomic mass is 10.2. The average Bonchev–Trinajstić information content (AvgIpc) is 2.59. The van der Waals surface area contributed by atoms with Gasteiger partial charge in [-0.25, -0.2) is 0 Å². The van der Waals surface area contributed by atoms with Crippen LogP contribution < -0.4 is 10.6 Å². The highest BCUT2D eigenvalue weighted by atomic mass is 32.1. The number of amides is 1. The van der Waals surface area contributed by atoms with E-state index in [1.54, 1.807) is 18.4 Å². The van der Waals surface area contributed by atoms with Crippen molar-refractivity contribution in [1.82, 2.24) is 10.6 Å². The molecule has 0 spiro atoms. The van der Waals surface area contributed by atoms with E-state index in [2.05, 4.69) is 29.0 Å². The number of aryl methyl sites for hydroxylation is 1. The van der Waals surface area contributed by atoms with Gasteiger partial charge in [-0.05, 0) is 30.9 Å². The lowest BCUT2D eigenvalue weighted by Gasteiger charge is -2.11. The van der Waals surface area contributed by atoms with Crippen molar-refractivity contribution >= 4 is 17.2 Å².